The summed E-state index contributed by atoms with van der Waals surface area (Å²) in [6.07, 6.45) is 0. The minimum Gasteiger partial charge on any atom is -0.437 e. The van der Waals surface area contributed by atoms with Crippen LogP contribution in [0.3, 0.4) is 0 Å². The van der Waals surface area contributed by atoms with Crippen LogP contribution in [-0.2, 0) is 5.41 Å². The van der Waals surface area contributed by atoms with E-state index in [2.05, 4.69) is 56.1 Å². The molecular weight excluding hydrogens is 466 g/mol. The van der Waals surface area contributed by atoms with Gasteiger partial charge in [-0.15, -0.1) is 0 Å². The highest BCUT2D eigenvalue weighted by atomic mass is 16.3. The Balaban J connectivity index is 1.55. The molecule has 188 valence electrons. The van der Waals surface area contributed by atoms with Crippen LogP contribution in [0.4, 0.5) is 0 Å². The molecule has 0 saturated carbocycles. The van der Waals surface area contributed by atoms with Crippen molar-refractivity contribution in [3.05, 3.63) is 113 Å². The molecule has 0 aliphatic carbocycles. The number of rotatable bonds is 4. The minimum atomic E-state index is -2.30. The lowest BCUT2D eigenvalue weighted by atomic mass is 9.83. The lowest BCUT2D eigenvalue weighted by Gasteiger charge is -2.26. The number of hydrogen-bond donors (Lipinski definition) is 0. The normalized spacial score (nSPS) is 13.4. The van der Waals surface area contributed by atoms with E-state index in [-0.39, 0.29) is 5.56 Å². The van der Waals surface area contributed by atoms with Crippen molar-refractivity contribution >= 4 is 22.1 Å². The van der Waals surface area contributed by atoms with Crippen molar-refractivity contribution in [1.29, 1.82) is 0 Å². The topological polar surface area (TPSA) is 51.8 Å². The molecule has 0 N–H and O–H groups in total. The Labute approximate surface area is 227 Å². The second-order valence-corrected chi connectivity index (χ2v) is 10.6. The Morgan fingerprint density at radius 2 is 1.37 bits per heavy atom. The number of benzene rings is 2. The fraction of sp³-hybridized carbons (Fsp3) is 0.206. The maximum absolute atomic E-state index is 8.17. The Hall–Kier alpha value is -4.31. The van der Waals surface area contributed by atoms with Crippen LogP contribution >= 0.6 is 0 Å². The van der Waals surface area contributed by atoms with Gasteiger partial charge < -0.3 is 4.42 Å². The van der Waals surface area contributed by atoms with E-state index in [1.165, 1.54) is 0 Å². The van der Waals surface area contributed by atoms with Crippen LogP contribution in [0, 0.1) is 27.6 Å². The highest BCUT2D eigenvalue weighted by Crippen LogP contribution is 2.38. The van der Waals surface area contributed by atoms with Crippen molar-refractivity contribution in [2.45, 2.75) is 46.9 Å². The van der Waals surface area contributed by atoms with E-state index in [1.54, 1.807) is 12.1 Å². The molecule has 4 nitrogen and oxygen atoms in total. The third-order valence-electron chi connectivity index (χ3n) is 7.14. The first kappa shape index (κ1) is 20.7. The van der Waals surface area contributed by atoms with E-state index in [9.17, 15) is 0 Å². The molecule has 0 unspecified atom stereocenters. The molecule has 4 aromatic heterocycles. The molecule has 4 heterocycles. The van der Waals surface area contributed by atoms with Gasteiger partial charge >= 0.3 is 0 Å². The predicted octanol–water partition coefficient (Wildman–Crippen LogP) is 8.66. The molecule has 0 atom stereocenters. The quantitative estimate of drug-likeness (QED) is 0.243. The minimum absolute atomic E-state index is 0.236. The molecule has 0 radical (unpaired) electrons. The van der Waals surface area contributed by atoms with Gasteiger partial charge in [0, 0.05) is 37.1 Å². The summed E-state index contributed by atoms with van der Waals surface area (Å²) in [7, 11) is 0. The SMILES string of the molecule is [2H]C([2H])([2H])c1cc(-c2cc(C)cc(C(C)(C)c3cc(C)cc(-c4ccccc4)n3)n2)c2oc3nc(C)ccc3c2c1. The second kappa shape index (κ2) is 8.91. The Bertz CT molecular complexity index is 1940. The van der Waals surface area contributed by atoms with Gasteiger partial charge in [0.15, 0.2) is 0 Å². The number of fused-ring (bicyclic) bond motifs is 3. The van der Waals surface area contributed by atoms with Gasteiger partial charge in [-0.25, -0.2) is 4.98 Å². The molecule has 0 bridgehead atoms. The van der Waals surface area contributed by atoms with E-state index in [1.807, 2.05) is 50.2 Å². The van der Waals surface area contributed by atoms with Crippen LogP contribution in [0.25, 0.3) is 44.6 Å². The molecular formula is C34H31N3O. The summed E-state index contributed by atoms with van der Waals surface area (Å²) in [6.45, 7) is 7.96. The smallest absolute Gasteiger partial charge is 0.227 e. The van der Waals surface area contributed by atoms with Gasteiger partial charge in [-0.05, 0) is 107 Å². The summed E-state index contributed by atoms with van der Waals surface area (Å²) < 4.78 is 30.8. The molecule has 0 spiro atoms. The van der Waals surface area contributed by atoms with Crippen molar-refractivity contribution in [3.8, 4) is 22.5 Å². The number of aromatic nitrogens is 3. The van der Waals surface area contributed by atoms with Crippen LogP contribution in [0.2, 0.25) is 0 Å². The average Bonchev–Trinajstić information content (AvgIpc) is 3.29. The molecule has 0 fully saturated rings. The van der Waals surface area contributed by atoms with E-state index >= 15 is 0 Å². The van der Waals surface area contributed by atoms with Crippen LogP contribution in [0.1, 0.15) is 51.7 Å². The van der Waals surface area contributed by atoms with Crippen molar-refractivity contribution in [1.82, 2.24) is 15.0 Å². The van der Waals surface area contributed by atoms with Crippen molar-refractivity contribution in [2.75, 3.05) is 0 Å². The van der Waals surface area contributed by atoms with Crippen LogP contribution in [0.5, 0.6) is 0 Å². The number of hydrogen-bond acceptors (Lipinski definition) is 4. The lowest BCUT2D eigenvalue weighted by Crippen LogP contribution is -2.23. The standard InChI is InChI=1S/C34H31N3O/c1-20-14-26-25-13-12-23(4)35-33(25)38-32(26)27(15-20)29-17-22(3)19-31(37-29)34(5,6)30-18-21(2)16-28(36-30)24-10-8-7-9-11-24/h7-19H,1-6H3/i1D3. The average molecular weight is 501 g/mol. The molecule has 6 aromatic rings. The Morgan fingerprint density at radius 3 is 2.08 bits per heavy atom. The largest absolute Gasteiger partial charge is 0.437 e. The molecule has 4 heteroatoms. The van der Waals surface area contributed by atoms with Gasteiger partial charge in [-0.2, -0.15) is 0 Å². The van der Waals surface area contributed by atoms with Crippen molar-refractivity contribution in [3.63, 3.8) is 0 Å². The van der Waals surface area contributed by atoms with Crippen LogP contribution in [-0.4, -0.2) is 15.0 Å². The van der Waals surface area contributed by atoms with Gasteiger partial charge in [0.05, 0.1) is 22.8 Å². The summed E-state index contributed by atoms with van der Waals surface area (Å²) in [5.41, 5.74) is 8.70. The first-order valence-corrected chi connectivity index (χ1v) is 12.8. The summed E-state index contributed by atoms with van der Waals surface area (Å²) in [4.78, 5) is 14.8. The van der Waals surface area contributed by atoms with Crippen LogP contribution < -0.4 is 0 Å². The first-order valence-electron chi connectivity index (χ1n) is 14.3. The van der Waals surface area contributed by atoms with E-state index in [0.717, 1.165) is 44.9 Å². The fourth-order valence-corrected chi connectivity index (χ4v) is 5.04. The van der Waals surface area contributed by atoms with Crippen molar-refractivity contribution in [2.24, 2.45) is 0 Å². The highest BCUT2D eigenvalue weighted by molar-refractivity contribution is 6.08. The zero-order valence-corrected chi connectivity index (χ0v) is 22.3. The summed E-state index contributed by atoms with van der Waals surface area (Å²) >= 11 is 0. The zero-order valence-electron chi connectivity index (χ0n) is 25.3. The van der Waals surface area contributed by atoms with Crippen molar-refractivity contribution < 1.29 is 8.53 Å². The fourth-order valence-electron chi connectivity index (χ4n) is 5.04. The van der Waals surface area contributed by atoms with Gasteiger partial charge in [0.1, 0.15) is 5.58 Å². The summed E-state index contributed by atoms with van der Waals surface area (Å²) in [5.74, 6) is 0. The Kier molecular flexibility index (Phi) is 4.86. The molecule has 2 aromatic carbocycles. The molecule has 0 amide bonds. The monoisotopic (exact) mass is 500 g/mol. The molecule has 0 aliphatic rings. The summed E-state index contributed by atoms with van der Waals surface area (Å²) in [6, 6.07) is 25.6. The number of nitrogens with zero attached hydrogens (tertiary/aromatic N) is 3. The van der Waals surface area contributed by atoms with E-state index in [4.69, 9.17) is 18.5 Å². The van der Waals surface area contributed by atoms with Crippen LogP contribution in [0.15, 0.2) is 83.3 Å². The van der Waals surface area contributed by atoms with Gasteiger partial charge in [0.25, 0.3) is 0 Å². The summed E-state index contributed by atoms with van der Waals surface area (Å²) in [5, 5.41) is 1.50. The second-order valence-electron chi connectivity index (χ2n) is 10.6. The number of pyridine rings is 3. The third-order valence-corrected chi connectivity index (χ3v) is 7.14. The van der Waals surface area contributed by atoms with E-state index < -0.39 is 12.3 Å². The highest BCUT2D eigenvalue weighted by Gasteiger charge is 2.28. The zero-order chi connectivity index (χ0) is 29.1. The van der Waals surface area contributed by atoms with Gasteiger partial charge in [-0.1, -0.05) is 30.3 Å². The number of furan rings is 1. The molecule has 0 aliphatic heterocycles. The first-order chi connectivity index (χ1) is 19.4. The number of aryl methyl sites for hydroxylation is 4. The molecule has 6 rings (SSSR count). The predicted molar refractivity (Wildman–Crippen MR) is 155 cm³/mol. The third kappa shape index (κ3) is 4.16. The Morgan fingerprint density at radius 1 is 0.684 bits per heavy atom. The lowest BCUT2D eigenvalue weighted by molar-refractivity contribution is 0.595. The maximum Gasteiger partial charge on any atom is 0.227 e. The molecule has 38 heavy (non-hydrogen) atoms. The maximum atomic E-state index is 8.17. The van der Waals surface area contributed by atoms with Gasteiger partial charge in [-0.3, -0.25) is 9.97 Å². The van der Waals surface area contributed by atoms with E-state index in [0.29, 0.717) is 27.9 Å². The molecule has 0 saturated heterocycles. The van der Waals surface area contributed by atoms with Gasteiger partial charge in [0.2, 0.25) is 5.71 Å².